The van der Waals surface area contributed by atoms with Crippen LogP contribution in [0.5, 0.6) is 11.8 Å². The van der Waals surface area contributed by atoms with Crippen molar-refractivity contribution in [2.75, 3.05) is 17.3 Å². The lowest BCUT2D eigenvalue weighted by atomic mass is 9.77. The molecule has 1 fully saturated rings. The Morgan fingerprint density at radius 3 is 2.25 bits per heavy atom. The van der Waals surface area contributed by atoms with Crippen molar-refractivity contribution in [3.8, 4) is 11.8 Å². The number of hydrogen-bond acceptors (Lipinski definition) is 6. The van der Waals surface area contributed by atoms with Gasteiger partial charge in [0.25, 0.3) is 0 Å². The van der Waals surface area contributed by atoms with E-state index in [0.717, 1.165) is 5.56 Å². The van der Waals surface area contributed by atoms with Gasteiger partial charge in [0.2, 0.25) is 11.8 Å². The number of methoxy groups -OCH3 is 1. The van der Waals surface area contributed by atoms with Crippen molar-refractivity contribution in [3.63, 3.8) is 0 Å². The number of anilines is 2. The number of amides is 2. The molecule has 0 bridgehead atoms. The minimum atomic E-state index is -4.38. The fraction of sp³-hybridized carbons (Fsp3) is 0.519. The van der Waals surface area contributed by atoms with E-state index in [1.165, 1.54) is 24.1 Å². The zero-order valence-electron chi connectivity index (χ0n) is 23.0. The number of aliphatic carboxylic acids is 1. The number of aliphatic hydroxyl groups is 1. The first-order valence-electron chi connectivity index (χ1n) is 12.8. The molecule has 0 spiro atoms. The Morgan fingerprint density at radius 1 is 1.12 bits per heavy atom. The van der Waals surface area contributed by atoms with Gasteiger partial charge in [-0.1, -0.05) is 45.9 Å². The molecule has 1 saturated carbocycles. The van der Waals surface area contributed by atoms with E-state index in [0.29, 0.717) is 5.69 Å². The molecule has 1 aliphatic rings. The van der Waals surface area contributed by atoms with E-state index in [1.54, 1.807) is 24.3 Å². The SMILES string of the molecule is CC.COc1ccc(NC(=O)N(c2ccccc2C(C)C)C2CCC(O)(C(F)(F)C(=O)O)CC2)c(OC(F)F)n1. The van der Waals surface area contributed by atoms with Crippen molar-refractivity contribution < 1.29 is 46.8 Å². The molecule has 222 valence electrons. The number of aromatic nitrogens is 1. The molecular weight excluding hydrogens is 538 g/mol. The molecule has 2 aromatic rings. The third kappa shape index (κ3) is 7.12. The molecular formula is C27H35F4N3O6. The van der Waals surface area contributed by atoms with Crippen LogP contribution in [0.25, 0.3) is 0 Å². The number of carboxylic acid groups (broad SMARTS) is 1. The highest BCUT2D eigenvalue weighted by molar-refractivity contribution is 6.03. The number of rotatable bonds is 9. The van der Waals surface area contributed by atoms with Crippen molar-refractivity contribution in [2.45, 2.75) is 83.5 Å². The first kappa shape index (κ1) is 32.6. The summed E-state index contributed by atoms with van der Waals surface area (Å²) in [6, 6.07) is 7.97. The highest BCUT2D eigenvalue weighted by atomic mass is 19.3. The number of nitrogens with zero attached hydrogens (tertiary/aromatic N) is 2. The molecule has 3 N–H and O–H groups in total. The number of benzene rings is 1. The van der Waals surface area contributed by atoms with Gasteiger partial charge in [0.15, 0.2) is 0 Å². The molecule has 0 unspecified atom stereocenters. The fourth-order valence-electron chi connectivity index (χ4n) is 4.50. The third-order valence-electron chi connectivity index (χ3n) is 6.52. The summed E-state index contributed by atoms with van der Waals surface area (Å²) in [4.78, 5) is 29.9. The Bertz CT molecular complexity index is 1160. The largest absolute Gasteiger partial charge is 0.481 e. The van der Waals surface area contributed by atoms with Gasteiger partial charge in [-0.05, 0) is 49.3 Å². The van der Waals surface area contributed by atoms with E-state index in [-0.39, 0.29) is 30.3 Å². The summed E-state index contributed by atoms with van der Waals surface area (Å²) >= 11 is 0. The molecule has 1 aromatic carbocycles. The van der Waals surface area contributed by atoms with Gasteiger partial charge in [0.1, 0.15) is 11.3 Å². The lowest BCUT2D eigenvalue weighted by molar-refractivity contribution is -0.216. The number of carbonyl (C=O) groups excluding carboxylic acids is 1. The Kier molecular flexibility index (Phi) is 11.1. The monoisotopic (exact) mass is 573 g/mol. The summed E-state index contributed by atoms with van der Waals surface area (Å²) in [7, 11) is 1.27. The van der Waals surface area contributed by atoms with Crippen LogP contribution >= 0.6 is 0 Å². The fourth-order valence-corrected chi connectivity index (χ4v) is 4.50. The van der Waals surface area contributed by atoms with Crippen molar-refractivity contribution in [1.29, 1.82) is 0 Å². The maximum absolute atomic E-state index is 14.3. The topological polar surface area (TPSA) is 121 Å². The van der Waals surface area contributed by atoms with Crippen molar-refractivity contribution in [1.82, 2.24) is 4.98 Å². The molecule has 0 saturated heterocycles. The second-order valence-electron chi connectivity index (χ2n) is 9.24. The summed E-state index contributed by atoms with van der Waals surface area (Å²) in [5.41, 5.74) is -1.78. The standard InChI is InChI=1S/C25H29F4N3O6.C2H6/c1-14(2)16-6-4-5-7-18(16)32(15-10-12-24(36,13-11-15)25(28,29)21(33)34)23(35)30-17-8-9-19(37-3)31-20(17)38-22(26)27;1-2/h4-9,14-15,22,36H,10-13H2,1-3H3,(H,30,35)(H,33,34);1-2H3. The summed E-state index contributed by atoms with van der Waals surface area (Å²) in [6.07, 6.45) is -1.48. The van der Waals surface area contributed by atoms with Crippen LogP contribution in [-0.2, 0) is 4.79 Å². The van der Waals surface area contributed by atoms with Gasteiger partial charge in [0, 0.05) is 17.8 Å². The summed E-state index contributed by atoms with van der Waals surface area (Å²) < 4.78 is 63.9. The predicted molar refractivity (Wildman–Crippen MR) is 141 cm³/mol. The Hall–Kier alpha value is -3.61. The van der Waals surface area contributed by atoms with Crippen molar-refractivity contribution in [2.24, 2.45) is 0 Å². The van der Waals surface area contributed by atoms with Crippen molar-refractivity contribution in [3.05, 3.63) is 42.0 Å². The lowest BCUT2D eigenvalue weighted by Gasteiger charge is -2.43. The number of urea groups is 1. The van der Waals surface area contributed by atoms with Crippen LogP contribution in [0.2, 0.25) is 0 Å². The van der Waals surface area contributed by atoms with Crippen LogP contribution in [0.15, 0.2) is 36.4 Å². The highest BCUT2D eigenvalue weighted by Gasteiger charge is 2.60. The zero-order valence-corrected chi connectivity index (χ0v) is 23.0. The van der Waals surface area contributed by atoms with E-state index in [1.807, 2.05) is 27.7 Å². The van der Waals surface area contributed by atoms with Gasteiger partial charge in [0.05, 0.1) is 7.11 Å². The Morgan fingerprint density at radius 2 is 1.73 bits per heavy atom. The third-order valence-corrected chi connectivity index (χ3v) is 6.52. The van der Waals surface area contributed by atoms with Crippen LogP contribution in [0.1, 0.15) is 64.9 Å². The first-order chi connectivity index (χ1) is 18.8. The minimum Gasteiger partial charge on any atom is -0.481 e. The van der Waals surface area contributed by atoms with Crippen LogP contribution in [0.4, 0.5) is 33.7 Å². The zero-order chi connectivity index (χ0) is 30.3. The summed E-state index contributed by atoms with van der Waals surface area (Å²) in [6.45, 7) is 4.54. The summed E-state index contributed by atoms with van der Waals surface area (Å²) in [5, 5.41) is 21.9. The predicted octanol–water partition coefficient (Wildman–Crippen LogP) is 6.27. The Labute approximate surface area is 230 Å². The smallest absolute Gasteiger partial charge is 0.388 e. The average Bonchev–Trinajstić information content (AvgIpc) is 2.91. The molecule has 3 rings (SSSR count). The molecule has 1 aliphatic carbocycles. The molecule has 9 nitrogen and oxygen atoms in total. The van der Waals surface area contributed by atoms with Gasteiger partial charge in [-0.25, -0.2) is 9.59 Å². The number of carbonyl (C=O) groups is 2. The molecule has 13 heteroatoms. The number of alkyl halides is 4. The molecule has 0 aliphatic heterocycles. The Balaban J connectivity index is 0.00000274. The number of pyridine rings is 1. The number of nitrogens with one attached hydrogen (secondary N) is 1. The van der Waals surface area contributed by atoms with Gasteiger partial charge >= 0.3 is 24.5 Å². The average molecular weight is 574 g/mol. The van der Waals surface area contributed by atoms with Crippen LogP contribution in [0, 0.1) is 0 Å². The molecule has 1 aromatic heterocycles. The van der Waals surface area contributed by atoms with E-state index in [2.05, 4.69) is 15.0 Å². The van der Waals surface area contributed by atoms with E-state index >= 15 is 0 Å². The van der Waals surface area contributed by atoms with Crippen LogP contribution in [-0.4, -0.2) is 58.5 Å². The first-order valence-corrected chi connectivity index (χ1v) is 12.8. The molecule has 0 radical (unpaired) electrons. The normalized spacial score (nSPS) is 18.9. The van der Waals surface area contributed by atoms with Crippen LogP contribution < -0.4 is 19.7 Å². The molecule has 40 heavy (non-hydrogen) atoms. The maximum Gasteiger partial charge on any atom is 0.388 e. The van der Waals surface area contributed by atoms with E-state index in [9.17, 15) is 32.3 Å². The van der Waals surface area contributed by atoms with Gasteiger partial charge < -0.3 is 25.0 Å². The summed E-state index contributed by atoms with van der Waals surface area (Å²) in [5.74, 6) is -7.50. The second-order valence-corrected chi connectivity index (χ2v) is 9.24. The number of carboxylic acids is 1. The van der Waals surface area contributed by atoms with Gasteiger partial charge in [-0.3, -0.25) is 4.90 Å². The molecule has 1 heterocycles. The number of ether oxygens (including phenoxy) is 2. The van der Waals surface area contributed by atoms with Gasteiger partial charge in [-0.15, -0.1) is 0 Å². The minimum absolute atomic E-state index is 0.0356. The van der Waals surface area contributed by atoms with Gasteiger partial charge in [-0.2, -0.15) is 22.5 Å². The maximum atomic E-state index is 14.3. The molecule has 0 atom stereocenters. The second kappa shape index (κ2) is 13.6. The van der Waals surface area contributed by atoms with Crippen molar-refractivity contribution >= 4 is 23.4 Å². The van der Waals surface area contributed by atoms with Crippen LogP contribution in [0.3, 0.4) is 0 Å². The molecule has 2 amide bonds. The van der Waals surface area contributed by atoms with E-state index in [4.69, 9.17) is 9.84 Å². The number of hydrogen-bond donors (Lipinski definition) is 3. The highest BCUT2D eigenvalue weighted by Crippen LogP contribution is 2.43. The quantitative estimate of drug-likeness (QED) is 0.302. The van der Waals surface area contributed by atoms with E-state index < -0.39 is 54.9 Å². The lowest BCUT2D eigenvalue weighted by Crippen LogP contribution is -2.57. The number of halogens is 4. The number of para-hydroxylation sites is 1.